The molecular weight excluding hydrogens is 350 g/mol. The Morgan fingerprint density at radius 3 is 2.24 bits per heavy atom. The van der Waals surface area contributed by atoms with Gasteiger partial charge >= 0.3 is 0 Å². The molecule has 1 nitrogen and oxygen atoms in total. The van der Waals surface area contributed by atoms with Crippen molar-refractivity contribution in [2.24, 2.45) is 0 Å². The van der Waals surface area contributed by atoms with Gasteiger partial charge in [0.15, 0.2) is 0 Å². The fourth-order valence-electron chi connectivity index (χ4n) is 4.91. The van der Waals surface area contributed by atoms with Crippen molar-refractivity contribution in [2.45, 2.75) is 45.4 Å². The topological polar surface area (TPSA) is 12.9 Å². The number of fused-ring (bicyclic) bond motifs is 5. The highest BCUT2D eigenvalue weighted by atomic mass is 14.7. The number of aryl methyl sites for hydroxylation is 1. The highest BCUT2D eigenvalue weighted by Gasteiger charge is 2.46. The summed E-state index contributed by atoms with van der Waals surface area (Å²) in [5.74, 6) is 0. The van der Waals surface area contributed by atoms with Crippen LogP contribution in [0.4, 0.5) is 0 Å². The summed E-state index contributed by atoms with van der Waals surface area (Å²) in [7, 11) is 0. The molecule has 4 aromatic rings. The molecule has 3 aromatic carbocycles. The number of hydrogen-bond acceptors (Lipinski definition) is 1. The number of hydrogen-bond donors (Lipinski definition) is 0. The van der Waals surface area contributed by atoms with Gasteiger partial charge in [-0.1, -0.05) is 82.3 Å². The smallest absolute Gasteiger partial charge is 0.0702 e. The maximum absolute atomic E-state index is 4.67. The van der Waals surface area contributed by atoms with Gasteiger partial charge in [0.1, 0.15) is 0 Å². The molecule has 0 aliphatic heterocycles. The first-order valence-electron chi connectivity index (χ1n) is 10.4. The van der Waals surface area contributed by atoms with Crippen molar-refractivity contribution in [3.63, 3.8) is 0 Å². The SMILES string of the molecule is Cc1ccc(-c2ccc3c(c2)C(C)(C)C(C)(C)c2c-3ccc3ccccc23)nc1. The molecule has 0 spiro atoms. The van der Waals surface area contributed by atoms with Crippen molar-refractivity contribution >= 4 is 10.8 Å². The standard InChI is InChI=1S/C28H27N/c1-18-10-15-25(29-17-18)20-12-13-22-23-14-11-19-8-6-7-9-21(19)26(23)28(4,5)27(2,3)24(22)16-20/h6-17H,1-5H3. The summed E-state index contributed by atoms with van der Waals surface area (Å²) in [6.07, 6.45) is 1.95. The van der Waals surface area contributed by atoms with Gasteiger partial charge in [-0.05, 0) is 63.1 Å². The second-order valence-corrected chi connectivity index (χ2v) is 9.44. The van der Waals surface area contributed by atoms with Crippen LogP contribution in [-0.2, 0) is 10.8 Å². The van der Waals surface area contributed by atoms with E-state index >= 15 is 0 Å². The van der Waals surface area contributed by atoms with Crippen LogP contribution in [0.3, 0.4) is 0 Å². The first-order valence-corrected chi connectivity index (χ1v) is 10.4. The Kier molecular flexibility index (Phi) is 3.77. The Balaban J connectivity index is 1.81. The maximum Gasteiger partial charge on any atom is 0.0702 e. The van der Waals surface area contributed by atoms with Crippen LogP contribution in [0.25, 0.3) is 33.2 Å². The van der Waals surface area contributed by atoms with E-state index in [1.54, 1.807) is 0 Å². The molecule has 144 valence electrons. The summed E-state index contributed by atoms with van der Waals surface area (Å²) in [4.78, 5) is 4.67. The predicted octanol–water partition coefficient (Wildman–Crippen LogP) is 7.45. The van der Waals surface area contributed by atoms with Crippen LogP contribution in [0.15, 0.2) is 72.9 Å². The lowest BCUT2D eigenvalue weighted by Crippen LogP contribution is -2.43. The van der Waals surface area contributed by atoms with E-state index in [0.717, 1.165) is 5.69 Å². The molecule has 0 atom stereocenters. The summed E-state index contributed by atoms with van der Waals surface area (Å²) >= 11 is 0. The van der Waals surface area contributed by atoms with E-state index < -0.39 is 0 Å². The highest BCUT2D eigenvalue weighted by molar-refractivity contribution is 5.95. The average Bonchev–Trinajstić information content (AvgIpc) is 2.72. The number of pyridine rings is 1. The van der Waals surface area contributed by atoms with Crippen molar-refractivity contribution in [3.05, 3.63) is 89.6 Å². The summed E-state index contributed by atoms with van der Waals surface area (Å²) in [6, 6.07) is 24.5. The lowest BCUT2D eigenvalue weighted by Gasteiger charge is -2.49. The molecule has 0 unspecified atom stereocenters. The molecule has 1 heterocycles. The van der Waals surface area contributed by atoms with Crippen LogP contribution in [-0.4, -0.2) is 4.98 Å². The number of nitrogens with zero attached hydrogens (tertiary/aromatic N) is 1. The minimum absolute atomic E-state index is 0.00444. The monoisotopic (exact) mass is 377 g/mol. The van der Waals surface area contributed by atoms with Gasteiger partial charge in [-0.3, -0.25) is 4.98 Å². The third kappa shape index (κ3) is 2.50. The van der Waals surface area contributed by atoms with E-state index in [4.69, 9.17) is 0 Å². The predicted molar refractivity (Wildman–Crippen MR) is 123 cm³/mol. The van der Waals surface area contributed by atoms with Crippen molar-refractivity contribution in [1.29, 1.82) is 0 Å². The van der Waals surface area contributed by atoms with Crippen LogP contribution < -0.4 is 0 Å². The summed E-state index contributed by atoms with van der Waals surface area (Å²) < 4.78 is 0. The van der Waals surface area contributed by atoms with Crippen LogP contribution >= 0.6 is 0 Å². The second-order valence-electron chi connectivity index (χ2n) is 9.44. The Labute approximate surface area is 173 Å². The molecular formula is C28H27N. The zero-order valence-corrected chi connectivity index (χ0v) is 17.9. The van der Waals surface area contributed by atoms with Crippen LogP contribution in [0, 0.1) is 6.92 Å². The minimum Gasteiger partial charge on any atom is -0.256 e. The molecule has 0 saturated carbocycles. The molecule has 0 N–H and O–H groups in total. The van der Waals surface area contributed by atoms with Gasteiger partial charge < -0.3 is 0 Å². The fourth-order valence-corrected chi connectivity index (χ4v) is 4.91. The average molecular weight is 378 g/mol. The quantitative estimate of drug-likeness (QED) is 0.336. The number of benzene rings is 3. The van der Waals surface area contributed by atoms with E-state index in [9.17, 15) is 0 Å². The van der Waals surface area contributed by atoms with E-state index in [1.807, 2.05) is 6.20 Å². The van der Waals surface area contributed by atoms with Gasteiger partial charge in [0.05, 0.1) is 5.69 Å². The zero-order valence-electron chi connectivity index (χ0n) is 17.9. The fraction of sp³-hybridized carbons (Fsp3) is 0.250. The van der Waals surface area contributed by atoms with E-state index in [1.165, 1.54) is 44.2 Å². The second kappa shape index (κ2) is 6.03. The van der Waals surface area contributed by atoms with E-state index in [2.05, 4.69) is 106 Å². The minimum atomic E-state index is -0.0137. The molecule has 0 amide bonds. The van der Waals surface area contributed by atoms with Crippen LogP contribution in [0.5, 0.6) is 0 Å². The van der Waals surface area contributed by atoms with Crippen molar-refractivity contribution in [3.8, 4) is 22.4 Å². The Morgan fingerprint density at radius 2 is 1.48 bits per heavy atom. The lowest BCUT2D eigenvalue weighted by molar-refractivity contribution is 0.301. The first kappa shape index (κ1) is 18.1. The van der Waals surface area contributed by atoms with Crippen molar-refractivity contribution < 1.29 is 0 Å². The Hall–Kier alpha value is -2.93. The zero-order chi connectivity index (χ0) is 20.4. The normalized spacial score (nSPS) is 16.3. The highest BCUT2D eigenvalue weighted by Crippen LogP contribution is 2.55. The summed E-state index contributed by atoms with van der Waals surface area (Å²) in [5.41, 5.74) is 8.99. The van der Waals surface area contributed by atoms with Gasteiger partial charge in [0.2, 0.25) is 0 Å². The Morgan fingerprint density at radius 1 is 0.724 bits per heavy atom. The lowest BCUT2D eigenvalue weighted by atomic mass is 9.54. The van der Waals surface area contributed by atoms with Gasteiger partial charge in [0.25, 0.3) is 0 Å². The van der Waals surface area contributed by atoms with Gasteiger partial charge in [-0.2, -0.15) is 0 Å². The molecule has 1 aromatic heterocycles. The molecule has 0 bridgehead atoms. The Bertz CT molecular complexity index is 1240. The largest absolute Gasteiger partial charge is 0.256 e. The number of rotatable bonds is 1. The summed E-state index contributed by atoms with van der Waals surface area (Å²) in [6.45, 7) is 11.7. The van der Waals surface area contributed by atoms with Crippen molar-refractivity contribution in [2.75, 3.05) is 0 Å². The summed E-state index contributed by atoms with van der Waals surface area (Å²) in [5, 5.41) is 2.69. The first-order chi connectivity index (χ1) is 13.8. The van der Waals surface area contributed by atoms with E-state index in [-0.39, 0.29) is 10.8 Å². The molecule has 1 aliphatic rings. The molecule has 1 aliphatic carbocycles. The van der Waals surface area contributed by atoms with Crippen LogP contribution in [0.1, 0.15) is 44.4 Å². The van der Waals surface area contributed by atoms with Gasteiger partial charge in [-0.15, -0.1) is 0 Å². The molecule has 5 rings (SSSR count). The van der Waals surface area contributed by atoms with Crippen molar-refractivity contribution in [1.82, 2.24) is 4.98 Å². The van der Waals surface area contributed by atoms with Crippen LogP contribution in [0.2, 0.25) is 0 Å². The third-order valence-corrected chi connectivity index (χ3v) is 7.31. The third-order valence-electron chi connectivity index (χ3n) is 7.31. The van der Waals surface area contributed by atoms with Gasteiger partial charge in [-0.25, -0.2) is 0 Å². The molecule has 29 heavy (non-hydrogen) atoms. The number of aromatic nitrogens is 1. The molecule has 0 fully saturated rings. The van der Waals surface area contributed by atoms with Gasteiger partial charge in [0, 0.05) is 17.2 Å². The maximum atomic E-state index is 4.67. The van der Waals surface area contributed by atoms with E-state index in [0.29, 0.717) is 0 Å². The molecule has 0 saturated heterocycles. The molecule has 1 heteroatoms. The molecule has 0 radical (unpaired) electrons.